The van der Waals surface area contributed by atoms with Crippen molar-refractivity contribution >= 4 is 11.8 Å². The highest BCUT2D eigenvalue weighted by Crippen LogP contribution is 2.18. The number of hydrogen-bond donors (Lipinski definition) is 2. The summed E-state index contributed by atoms with van der Waals surface area (Å²) in [7, 11) is 1.67. The molecule has 1 rings (SSSR count). The van der Waals surface area contributed by atoms with Crippen molar-refractivity contribution in [1.82, 2.24) is 10.2 Å². The van der Waals surface area contributed by atoms with Crippen LogP contribution in [0.1, 0.15) is 32.6 Å². The summed E-state index contributed by atoms with van der Waals surface area (Å²) in [5, 5.41) is 2.87. The normalized spacial score (nSPS) is 16.4. The average Bonchev–Trinajstić information content (AvgIpc) is 3.08. The van der Waals surface area contributed by atoms with E-state index in [0.717, 1.165) is 25.7 Å². The average molecular weight is 241 g/mol. The molecular formula is C12H23N3O2. The van der Waals surface area contributed by atoms with Crippen molar-refractivity contribution in [3.8, 4) is 0 Å². The lowest BCUT2D eigenvalue weighted by Gasteiger charge is -2.20. The topological polar surface area (TPSA) is 75.4 Å². The van der Waals surface area contributed by atoms with Gasteiger partial charge in [-0.15, -0.1) is 0 Å². The van der Waals surface area contributed by atoms with Gasteiger partial charge in [-0.2, -0.15) is 0 Å². The Morgan fingerprint density at radius 2 is 2.12 bits per heavy atom. The van der Waals surface area contributed by atoms with Gasteiger partial charge in [0, 0.05) is 19.0 Å². The zero-order chi connectivity index (χ0) is 12.8. The number of carbonyl (C=O) groups excluding carboxylic acids is 2. The van der Waals surface area contributed by atoms with Crippen molar-refractivity contribution in [2.75, 3.05) is 20.1 Å². The largest absolute Gasteiger partial charge is 0.352 e. The first kappa shape index (κ1) is 14.0. The molecule has 0 radical (unpaired) electrons. The van der Waals surface area contributed by atoms with E-state index in [1.165, 1.54) is 4.90 Å². The van der Waals surface area contributed by atoms with Crippen LogP contribution in [0.25, 0.3) is 0 Å². The zero-order valence-corrected chi connectivity index (χ0v) is 10.7. The van der Waals surface area contributed by atoms with Gasteiger partial charge in [0.05, 0.1) is 6.54 Å². The molecule has 5 heteroatoms. The Kier molecular flexibility index (Phi) is 5.41. The molecule has 0 spiro atoms. The Balaban J connectivity index is 2.26. The third kappa shape index (κ3) is 5.17. The van der Waals surface area contributed by atoms with Crippen LogP contribution in [0.5, 0.6) is 0 Å². The summed E-state index contributed by atoms with van der Waals surface area (Å²) >= 11 is 0. The first-order valence-electron chi connectivity index (χ1n) is 6.29. The Morgan fingerprint density at radius 3 is 2.65 bits per heavy atom. The van der Waals surface area contributed by atoms with Gasteiger partial charge in [-0.3, -0.25) is 9.59 Å². The number of carbonyl (C=O) groups is 2. The first-order chi connectivity index (χ1) is 8.04. The van der Waals surface area contributed by atoms with Gasteiger partial charge < -0.3 is 16.0 Å². The fraction of sp³-hybridized carbons (Fsp3) is 0.833. The summed E-state index contributed by atoms with van der Waals surface area (Å²) in [6.45, 7) is 2.64. The van der Waals surface area contributed by atoms with Crippen LogP contribution in [0.2, 0.25) is 0 Å². The van der Waals surface area contributed by atoms with E-state index in [0.29, 0.717) is 12.6 Å². The summed E-state index contributed by atoms with van der Waals surface area (Å²) in [5.41, 5.74) is 5.41. The lowest BCUT2D eigenvalue weighted by molar-refractivity contribution is -0.137. The molecule has 98 valence electrons. The zero-order valence-electron chi connectivity index (χ0n) is 10.7. The number of nitrogens with zero attached hydrogens (tertiary/aromatic N) is 1. The van der Waals surface area contributed by atoms with E-state index < -0.39 is 0 Å². The molecule has 0 heterocycles. The molecule has 17 heavy (non-hydrogen) atoms. The van der Waals surface area contributed by atoms with Crippen molar-refractivity contribution in [2.45, 2.75) is 38.6 Å². The van der Waals surface area contributed by atoms with Gasteiger partial charge in [0.2, 0.25) is 11.8 Å². The molecule has 5 nitrogen and oxygen atoms in total. The van der Waals surface area contributed by atoms with Gasteiger partial charge >= 0.3 is 0 Å². The van der Waals surface area contributed by atoms with Gasteiger partial charge in [-0.05, 0) is 32.2 Å². The molecule has 3 N–H and O–H groups in total. The highest BCUT2D eigenvalue weighted by Gasteiger charge is 2.25. The maximum absolute atomic E-state index is 11.9. The fourth-order valence-electron chi connectivity index (χ4n) is 1.72. The summed E-state index contributed by atoms with van der Waals surface area (Å²) < 4.78 is 0. The molecule has 1 fully saturated rings. The monoisotopic (exact) mass is 241 g/mol. The lowest BCUT2D eigenvalue weighted by atomic mass is 10.0. The SMILES string of the molecule is CC(CCCN)C(=O)N(C)CC(=O)NC1CC1. The van der Waals surface area contributed by atoms with E-state index >= 15 is 0 Å². The maximum atomic E-state index is 11.9. The van der Waals surface area contributed by atoms with Gasteiger partial charge in [-0.1, -0.05) is 6.92 Å². The van der Waals surface area contributed by atoms with Crippen molar-refractivity contribution < 1.29 is 9.59 Å². The predicted octanol–water partition coefficient (Wildman–Crippen LogP) is 0.0984. The number of rotatable bonds is 7. The number of likely N-dealkylation sites (N-methyl/N-ethyl adjacent to an activating group) is 1. The molecule has 1 unspecified atom stereocenters. The molecule has 1 aliphatic rings. The quantitative estimate of drug-likeness (QED) is 0.663. The summed E-state index contributed by atoms with van der Waals surface area (Å²) in [6.07, 6.45) is 3.76. The second kappa shape index (κ2) is 6.59. The van der Waals surface area contributed by atoms with Crippen molar-refractivity contribution in [1.29, 1.82) is 0 Å². The third-order valence-electron chi connectivity index (χ3n) is 2.96. The Bertz CT molecular complexity index is 277. The smallest absolute Gasteiger partial charge is 0.239 e. The van der Waals surface area contributed by atoms with Crippen molar-refractivity contribution in [2.24, 2.45) is 11.7 Å². The minimum absolute atomic E-state index is 0.0180. The third-order valence-corrected chi connectivity index (χ3v) is 2.96. The Morgan fingerprint density at radius 1 is 1.47 bits per heavy atom. The van der Waals surface area contributed by atoms with E-state index in [1.54, 1.807) is 7.05 Å². The molecule has 0 bridgehead atoms. The second-order valence-electron chi connectivity index (χ2n) is 4.87. The van der Waals surface area contributed by atoms with Crippen LogP contribution in [0.15, 0.2) is 0 Å². The van der Waals surface area contributed by atoms with E-state index in [2.05, 4.69) is 5.32 Å². The van der Waals surface area contributed by atoms with Crippen LogP contribution in [-0.2, 0) is 9.59 Å². The molecule has 1 atom stereocenters. The van der Waals surface area contributed by atoms with Gasteiger partial charge in [0.1, 0.15) is 0 Å². The number of amides is 2. The minimum atomic E-state index is -0.0608. The first-order valence-corrected chi connectivity index (χ1v) is 6.29. The van der Waals surface area contributed by atoms with Crippen LogP contribution in [-0.4, -0.2) is 42.9 Å². The number of nitrogens with two attached hydrogens (primary N) is 1. The molecule has 0 aromatic carbocycles. The molecule has 1 aliphatic carbocycles. The van der Waals surface area contributed by atoms with Gasteiger partial charge in [0.25, 0.3) is 0 Å². The lowest BCUT2D eigenvalue weighted by Crippen LogP contribution is -2.41. The van der Waals surface area contributed by atoms with E-state index in [-0.39, 0.29) is 24.3 Å². The molecule has 1 saturated carbocycles. The van der Waals surface area contributed by atoms with Crippen molar-refractivity contribution in [3.05, 3.63) is 0 Å². The number of nitrogens with one attached hydrogen (secondary N) is 1. The molecule has 0 aromatic heterocycles. The minimum Gasteiger partial charge on any atom is -0.352 e. The predicted molar refractivity (Wildman–Crippen MR) is 66.3 cm³/mol. The Hall–Kier alpha value is -1.10. The summed E-state index contributed by atoms with van der Waals surface area (Å²) in [4.78, 5) is 24.9. The van der Waals surface area contributed by atoms with Crippen LogP contribution in [0.4, 0.5) is 0 Å². The van der Waals surface area contributed by atoms with Gasteiger partial charge in [-0.25, -0.2) is 0 Å². The maximum Gasteiger partial charge on any atom is 0.239 e. The van der Waals surface area contributed by atoms with Crippen molar-refractivity contribution in [3.63, 3.8) is 0 Å². The molecule has 2 amide bonds. The van der Waals surface area contributed by atoms with E-state index in [9.17, 15) is 9.59 Å². The summed E-state index contributed by atoms with van der Waals surface area (Å²) in [5.74, 6) is -0.101. The standard InChI is InChI=1S/C12H23N3O2/c1-9(4-3-7-13)12(17)15(2)8-11(16)14-10-5-6-10/h9-10H,3-8,13H2,1-2H3,(H,14,16). The molecular weight excluding hydrogens is 218 g/mol. The summed E-state index contributed by atoms with van der Waals surface area (Å²) in [6, 6.07) is 0.348. The molecule has 0 aromatic rings. The molecule has 0 saturated heterocycles. The van der Waals surface area contributed by atoms with Crippen LogP contribution < -0.4 is 11.1 Å². The highest BCUT2D eigenvalue weighted by molar-refractivity contribution is 5.85. The molecule has 0 aliphatic heterocycles. The number of hydrogen-bond acceptors (Lipinski definition) is 3. The van der Waals surface area contributed by atoms with Gasteiger partial charge in [0.15, 0.2) is 0 Å². The highest BCUT2D eigenvalue weighted by atomic mass is 16.2. The van der Waals surface area contributed by atoms with E-state index in [4.69, 9.17) is 5.73 Å². The van der Waals surface area contributed by atoms with E-state index in [1.807, 2.05) is 6.92 Å². The van der Waals surface area contributed by atoms with Crippen LogP contribution in [0, 0.1) is 5.92 Å². The van der Waals surface area contributed by atoms with Crippen LogP contribution >= 0.6 is 0 Å². The second-order valence-corrected chi connectivity index (χ2v) is 4.87. The Labute approximate surface area is 103 Å². The van der Waals surface area contributed by atoms with Crippen LogP contribution in [0.3, 0.4) is 0 Å². The fourth-order valence-corrected chi connectivity index (χ4v) is 1.72.